The molecule has 4 heteroatoms. The average Bonchev–Trinajstić information content (AvgIpc) is 2.05. The Kier molecular flexibility index (Phi) is 7.83. The van der Waals surface area contributed by atoms with Crippen LogP contribution in [0, 0.1) is 0 Å². The fourth-order valence-electron chi connectivity index (χ4n) is 0.765. The van der Waals surface area contributed by atoms with Crippen molar-refractivity contribution in [3.05, 3.63) is 0 Å². The Morgan fingerprint density at radius 3 is 2.45 bits per heavy atom. The second-order valence-corrected chi connectivity index (χ2v) is 2.50. The number of nitrogens with one attached hydrogen (secondary N) is 1. The third-order valence-electron chi connectivity index (χ3n) is 1.52. The molecule has 0 aromatic heterocycles. The van der Waals surface area contributed by atoms with E-state index in [4.69, 9.17) is 15.9 Å². The van der Waals surface area contributed by atoms with Gasteiger partial charge in [-0.05, 0) is 19.4 Å². The summed E-state index contributed by atoms with van der Waals surface area (Å²) in [5.41, 5.74) is 5.33. The number of nitrogens with two attached hydrogens (primary N) is 1. The maximum Gasteiger partial charge on any atom is 0.0597 e. The van der Waals surface area contributed by atoms with Gasteiger partial charge < -0.3 is 21.3 Å². The summed E-state index contributed by atoms with van der Waals surface area (Å²) in [7, 11) is 0. The van der Waals surface area contributed by atoms with Crippen LogP contribution in [0.1, 0.15) is 12.8 Å². The second-order valence-electron chi connectivity index (χ2n) is 2.50. The van der Waals surface area contributed by atoms with Gasteiger partial charge in [0.2, 0.25) is 0 Å². The van der Waals surface area contributed by atoms with Crippen molar-refractivity contribution in [1.29, 1.82) is 0 Å². The first-order chi connectivity index (χ1) is 5.35. The van der Waals surface area contributed by atoms with Gasteiger partial charge in [-0.3, -0.25) is 0 Å². The minimum atomic E-state index is 0.00805. The first-order valence-corrected chi connectivity index (χ1v) is 4.00. The summed E-state index contributed by atoms with van der Waals surface area (Å²) < 4.78 is 0. The molecule has 0 amide bonds. The molecule has 0 bridgehead atoms. The number of hydrogen-bond acceptors (Lipinski definition) is 4. The fourth-order valence-corrected chi connectivity index (χ4v) is 0.765. The minimum Gasteiger partial charge on any atom is -0.396 e. The molecule has 11 heavy (non-hydrogen) atoms. The van der Waals surface area contributed by atoms with Crippen molar-refractivity contribution >= 4 is 0 Å². The molecule has 0 spiro atoms. The van der Waals surface area contributed by atoms with Crippen LogP contribution in [0.25, 0.3) is 0 Å². The molecule has 1 atom stereocenters. The summed E-state index contributed by atoms with van der Waals surface area (Å²) >= 11 is 0. The molecule has 0 radical (unpaired) electrons. The molecule has 0 aromatic carbocycles. The van der Waals surface area contributed by atoms with E-state index in [9.17, 15) is 0 Å². The van der Waals surface area contributed by atoms with Gasteiger partial charge in [0.05, 0.1) is 6.61 Å². The zero-order chi connectivity index (χ0) is 8.53. The lowest BCUT2D eigenvalue weighted by Gasteiger charge is -2.12. The van der Waals surface area contributed by atoms with E-state index >= 15 is 0 Å². The van der Waals surface area contributed by atoms with Gasteiger partial charge in [0.25, 0.3) is 0 Å². The Bertz CT molecular complexity index is 76.8. The van der Waals surface area contributed by atoms with Crippen LogP contribution in [-0.4, -0.2) is 42.6 Å². The van der Waals surface area contributed by atoms with Crippen LogP contribution in [0.15, 0.2) is 0 Å². The zero-order valence-corrected chi connectivity index (χ0v) is 6.79. The van der Waals surface area contributed by atoms with E-state index in [1.807, 2.05) is 0 Å². The lowest BCUT2D eigenvalue weighted by Crippen LogP contribution is -2.39. The highest BCUT2D eigenvalue weighted by molar-refractivity contribution is 4.64. The summed E-state index contributed by atoms with van der Waals surface area (Å²) in [5.74, 6) is 0. The van der Waals surface area contributed by atoms with Crippen LogP contribution < -0.4 is 11.1 Å². The van der Waals surface area contributed by atoms with Crippen molar-refractivity contribution < 1.29 is 10.2 Å². The summed E-state index contributed by atoms with van der Waals surface area (Å²) in [4.78, 5) is 0. The predicted octanol–water partition coefficient (Wildman–Crippen LogP) is -1.33. The molecule has 0 rings (SSSR count). The Morgan fingerprint density at radius 1 is 1.27 bits per heavy atom. The van der Waals surface area contributed by atoms with Crippen LogP contribution in [0.4, 0.5) is 0 Å². The third kappa shape index (κ3) is 6.25. The van der Waals surface area contributed by atoms with Crippen molar-refractivity contribution in [3.63, 3.8) is 0 Å². The SMILES string of the molecule is NCC(CO)NCCCCO. The van der Waals surface area contributed by atoms with Gasteiger partial charge in [0.15, 0.2) is 0 Å². The average molecular weight is 162 g/mol. The second kappa shape index (κ2) is 7.94. The standard InChI is InChI=1S/C7H18N2O2/c8-5-7(6-11)9-3-1-2-4-10/h7,9-11H,1-6,8H2. The summed E-state index contributed by atoms with van der Waals surface area (Å²) in [6.45, 7) is 1.57. The minimum absolute atomic E-state index is 0.00805. The number of unbranched alkanes of at least 4 members (excludes halogenated alkanes) is 1. The van der Waals surface area contributed by atoms with E-state index in [1.165, 1.54) is 0 Å². The normalized spacial score (nSPS) is 13.4. The Balaban J connectivity index is 3.07. The number of aliphatic hydroxyl groups excluding tert-OH is 2. The molecular weight excluding hydrogens is 144 g/mol. The quantitative estimate of drug-likeness (QED) is 0.350. The van der Waals surface area contributed by atoms with Crippen molar-refractivity contribution in [3.8, 4) is 0 Å². The van der Waals surface area contributed by atoms with Crippen molar-refractivity contribution in [2.24, 2.45) is 5.73 Å². The maximum atomic E-state index is 8.69. The van der Waals surface area contributed by atoms with E-state index < -0.39 is 0 Å². The maximum absolute atomic E-state index is 8.69. The lowest BCUT2D eigenvalue weighted by molar-refractivity contribution is 0.241. The van der Waals surface area contributed by atoms with Gasteiger partial charge >= 0.3 is 0 Å². The molecule has 0 aliphatic carbocycles. The molecule has 0 heterocycles. The number of aliphatic hydroxyl groups is 2. The molecule has 0 fully saturated rings. The van der Waals surface area contributed by atoms with Gasteiger partial charge in [0.1, 0.15) is 0 Å². The highest BCUT2D eigenvalue weighted by Gasteiger charge is 2.01. The molecule has 1 unspecified atom stereocenters. The zero-order valence-electron chi connectivity index (χ0n) is 6.79. The molecule has 0 saturated carbocycles. The summed E-state index contributed by atoms with van der Waals surface area (Å²) in [6.07, 6.45) is 1.72. The highest BCUT2D eigenvalue weighted by atomic mass is 16.3. The first-order valence-electron chi connectivity index (χ1n) is 4.00. The van der Waals surface area contributed by atoms with Crippen LogP contribution in [0.2, 0.25) is 0 Å². The monoisotopic (exact) mass is 162 g/mol. The number of rotatable bonds is 7. The van der Waals surface area contributed by atoms with Crippen LogP contribution in [0.3, 0.4) is 0 Å². The molecule has 5 N–H and O–H groups in total. The van der Waals surface area contributed by atoms with E-state index in [0.717, 1.165) is 19.4 Å². The smallest absolute Gasteiger partial charge is 0.0597 e. The molecule has 0 aliphatic rings. The van der Waals surface area contributed by atoms with Crippen LogP contribution in [0.5, 0.6) is 0 Å². The molecule has 0 aromatic rings. The highest BCUT2D eigenvalue weighted by Crippen LogP contribution is 1.85. The van der Waals surface area contributed by atoms with Gasteiger partial charge in [-0.1, -0.05) is 0 Å². The van der Waals surface area contributed by atoms with Crippen LogP contribution in [-0.2, 0) is 0 Å². The predicted molar refractivity (Wildman–Crippen MR) is 44.3 cm³/mol. The van der Waals surface area contributed by atoms with E-state index in [-0.39, 0.29) is 19.3 Å². The van der Waals surface area contributed by atoms with E-state index in [2.05, 4.69) is 5.32 Å². The van der Waals surface area contributed by atoms with Crippen molar-refractivity contribution in [2.45, 2.75) is 18.9 Å². The fraction of sp³-hybridized carbons (Fsp3) is 1.00. The molecule has 4 nitrogen and oxygen atoms in total. The topological polar surface area (TPSA) is 78.5 Å². The van der Waals surface area contributed by atoms with E-state index in [0.29, 0.717) is 6.54 Å². The van der Waals surface area contributed by atoms with Crippen molar-refractivity contribution in [2.75, 3.05) is 26.3 Å². The van der Waals surface area contributed by atoms with E-state index in [1.54, 1.807) is 0 Å². The van der Waals surface area contributed by atoms with Gasteiger partial charge in [-0.25, -0.2) is 0 Å². The molecule has 68 valence electrons. The largest absolute Gasteiger partial charge is 0.396 e. The Hall–Kier alpha value is -0.160. The summed E-state index contributed by atoms with van der Waals surface area (Å²) in [6, 6.07) is 0.00805. The summed E-state index contributed by atoms with van der Waals surface area (Å²) in [5, 5.41) is 20.2. The molecular formula is C7H18N2O2. The lowest BCUT2D eigenvalue weighted by atomic mass is 10.2. The first kappa shape index (κ1) is 10.8. The van der Waals surface area contributed by atoms with Crippen LogP contribution >= 0.6 is 0 Å². The Morgan fingerprint density at radius 2 is 2.00 bits per heavy atom. The van der Waals surface area contributed by atoms with Crippen molar-refractivity contribution in [1.82, 2.24) is 5.32 Å². The molecule has 0 aliphatic heterocycles. The van der Waals surface area contributed by atoms with Gasteiger partial charge in [0, 0.05) is 19.2 Å². The third-order valence-corrected chi connectivity index (χ3v) is 1.52. The van der Waals surface area contributed by atoms with Gasteiger partial charge in [-0.15, -0.1) is 0 Å². The van der Waals surface area contributed by atoms with Gasteiger partial charge in [-0.2, -0.15) is 0 Å². The number of hydrogen-bond donors (Lipinski definition) is 4. The molecule has 0 saturated heterocycles. The Labute approximate surface area is 67.4 Å².